The summed E-state index contributed by atoms with van der Waals surface area (Å²) >= 11 is 0. The first-order chi connectivity index (χ1) is 9.45. The SMILES string of the molecule is CCC1(C)CC(CN)(N2CCCC(N(C)C)C2)CCO1. The van der Waals surface area contributed by atoms with Gasteiger partial charge in [-0.1, -0.05) is 6.92 Å². The number of likely N-dealkylation sites (N-methyl/N-ethyl adjacent to an activating group) is 1. The van der Waals surface area contributed by atoms with Gasteiger partial charge in [-0.15, -0.1) is 0 Å². The first-order valence-corrected chi connectivity index (χ1v) is 8.20. The van der Waals surface area contributed by atoms with E-state index in [4.69, 9.17) is 10.5 Å². The first-order valence-electron chi connectivity index (χ1n) is 8.20. The molecule has 2 aliphatic heterocycles. The topological polar surface area (TPSA) is 41.7 Å². The summed E-state index contributed by atoms with van der Waals surface area (Å²) < 4.78 is 6.04. The van der Waals surface area contributed by atoms with Gasteiger partial charge in [-0.05, 0) is 59.7 Å². The van der Waals surface area contributed by atoms with Gasteiger partial charge < -0.3 is 15.4 Å². The van der Waals surface area contributed by atoms with Crippen molar-refractivity contribution in [3.8, 4) is 0 Å². The fourth-order valence-electron chi connectivity index (χ4n) is 3.93. The number of nitrogens with zero attached hydrogens (tertiary/aromatic N) is 2. The van der Waals surface area contributed by atoms with Gasteiger partial charge >= 0.3 is 0 Å². The molecule has 4 heteroatoms. The maximum Gasteiger partial charge on any atom is 0.0670 e. The monoisotopic (exact) mass is 283 g/mol. The molecule has 4 nitrogen and oxygen atoms in total. The molecule has 2 rings (SSSR count). The Kier molecular flexibility index (Phi) is 5.11. The molecule has 3 atom stereocenters. The van der Waals surface area contributed by atoms with Crippen molar-refractivity contribution in [3.05, 3.63) is 0 Å². The molecule has 0 amide bonds. The van der Waals surface area contributed by atoms with Gasteiger partial charge in [0.25, 0.3) is 0 Å². The first kappa shape index (κ1) is 16.2. The molecule has 2 aliphatic rings. The lowest BCUT2D eigenvalue weighted by Gasteiger charge is -2.54. The minimum atomic E-state index is 0.00266. The van der Waals surface area contributed by atoms with E-state index < -0.39 is 0 Å². The van der Waals surface area contributed by atoms with E-state index in [1.165, 1.54) is 19.4 Å². The Morgan fingerprint density at radius 2 is 2.15 bits per heavy atom. The van der Waals surface area contributed by atoms with Crippen LogP contribution in [0, 0.1) is 0 Å². The van der Waals surface area contributed by atoms with E-state index in [0.717, 1.165) is 39.0 Å². The molecule has 0 aromatic heterocycles. The molecule has 2 saturated heterocycles. The van der Waals surface area contributed by atoms with Crippen molar-refractivity contribution in [2.75, 3.05) is 40.3 Å². The van der Waals surface area contributed by atoms with E-state index in [1.807, 2.05) is 0 Å². The molecule has 2 N–H and O–H groups in total. The summed E-state index contributed by atoms with van der Waals surface area (Å²) in [5.74, 6) is 0. The summed E-state index contributed by atoms with van der Waals surface area (Å²) in [4.78, 5) is 5.05. The fraction of sp³-hybridized carbons (Fsp3) is 1.00. The van der Waals surface area contributed by atoms with Gasteiger partial charge in [0.05, 0.1) is 5.60 Å². The van der Waals surface area contributed by atoms with Crippen molar-refractivity contribution < 1.29 is 4.74 Å². The smallest absolute Gasteiger partial charge is 0.0670 e. The van der Waals surface area contributed by atoms with Crippen LogP contribution < -0.4 is 5.73 Å². The highest BCUT2D eigenvalue weighted by Crippen LogP contribution is 2.39. The molecule has 2 heterocycles. The highest BCUT2D eigenvalue weighted by atomic mass is 16.5. The van der Waals surface area contributed by atoms with Crippen molar-refractivity contribution in [2.24, 2.45) is 5.73 Å². The van der Waals surface area contributed by atoms with Gasteiger partial charge in [0.2, 0.25) is 0 Å². The molecule has 3 unspecified atom stereocenters. The van der Waals surface area contributed by atoms with Gasteiger partial charge in [0.1, 0.15) is 0 Å². The Bertz CT molecular complexity index is 323. The maximum absolute atomic E-state index is 6.26. The molecule has 0 bridgehead atoms. The average Bonchev–Trinajstić information content (AvgIpc) is 2.47. The minimum absolute atomic E-state index is 0.00266. The minimum Gasteiger partial charge on any atom is -0.375 e. The summed E-state index contributed by atoms with van der Waals surface area (Å²) in [5.41, 5.74) is 6.41. The highest BCUT2D eigenvalue weighted by Gasteiger charge is 2.46. The number of rotatable bonds is 4. The van der Waals surface area contributed by atoms with Gasteiger partial charge in [0, 0.05) is 31.3 Å². The normalized spacial score (nSPS) is 40.2. The Balaban J connectivity index is 2.13. The Hall–Kier alpha value is -0.160. The summed E-state index contributed by atoms with van der Waals surface area (Å²) in [6.45, 7) is 8.44. The van der Waals surface area contributed by atoms with E-state index in [-0.39, 0.29) is 11.1 Å². The molecule has 0 radical (unpaired) electrons. The standard InChI is InChI=1S/C16H33N3O/c1-5-15(2)12-16(13-17,8-10-20-15)19-9-6-7-14(11-19)18(3)4/h14H,5-13,17H2,1-4H3. The third-order valence-corrected chi connectivity index (χ3v) is 5.65. The number of ether oxygens (including phenoxy) is 1. The molecular weight excluding hydrogens is 250 g/mol. The summed E-state index contributed by atoms with van der Waals surface area (Å²) in [7, 11) is 4.40. The predicted molar refractivity (Wildman–Crippen MR) is 83.9 cm³/mol. The molecule has 20 heavy (non-hydrogen) atoms. The van der Waals surface area contributed by atoms with Crippen LogP contribution in [0.3, 0.4) is 0 Å². The average molecular weight is 283 g/mol. The lowest BCUT2D eigenvalue weighted by atomic mass is 9.77. The van der Waals surface area contributed by atoms with Crippen molar-refractivity contribution in [3.63, 3.8) is 0 Å². The van der Waals surface area contributed by atoms with E-state index in [9.17, 15) is 0 Å². The molecule has 2 fully saturated rings. The quantitative estimate of drug-likeness (QED) is 0.852. The largest absolute Gasteiger partial charge is 0.375 e. The lowest BCUT2D eigenvalue weighted by Crippen LogP contribution is -2.64. The highest BCUT2D eigenvalue weighted by molar-refractivity contribution is 5.02. The summed E-state index contributed by atoms with van der Waals surface area (Å²) in [6.07, 6.45) is 5.83. The van der Waals surface area contributed by atoms with Crippen LogP contribution in [0.4, 0.5) is 0 Å². The number of piperidine rings is 1. The molecular formula is C16H33N3O. The van der Waals surface area contributed by atoms with Gasteiger partial charge in [-0.3, -0.25) is 4.90 Å². The zero-order chi connectivity index (χ0) is 14.8. The van der Waals surface area contributed by atoms with Crippen LogP contribution in [0.5, 0.6) is 0 Å². The van der Waals surface area contributed by atoms with Gasteiger partial charge in [0.15, 0.2) is 0 Å². The third kappa shape index (κ3) is 3.19. The number of hydrogen-bond donors (Lipinski definition) is 1. The zero-order valence-corrected chi connectivity index (χ0v) is 13.8. The maximum atomic E-state index is 6.26. The van der Waals surface area contributed by atoms with Crippen molar-refractivity contribution in [1.29, 1.82) is 0 Å². The Morgan fingerprint density at radius 1 is 1.40 bits per heavy atom. The van der Waals surface area contributed by atoms with Crippen LogP contribution >= 0.6 is 0 Å². The van der Waals surface area contributed by atoms with Crippen molar-refractivity contribution in [1.82, 2.24) is 9.80 Å². The molecule has 0 aliphatic carbocycles. The second kappa shape index (κ2) is 6.30. The van der Waals surface area contributed by atoms with Crippen LogP contribution in [-0.2, 0) is 4.74 Å². The van der Waals surface area contributed by atoms with E-state index >= 15 is 0 Å². The molecule has 0 aromatic carbocycles. The summed E-state index contributed by atoms with van der Waals surface area (Å²) in [5, 5.41) is 0. The number of nitrogens with two attached hydrogens (primary N) is 1. The van der Waals surface area contributed by atoms with Gasteiger partial charge in [-0.2, -0.15) is 0 Å². The fourth-order valence-corrected chi connectivity index (χ4v) is 3.93. The van der Waals surface area contributed by atoms with Crippen LogP contribution in [0.1, 0.15) is 46.0 Å². The second-order valence-corrected chi connectivity index (χ2v) is 7.21. The lowest BCUT2D eigenvalue weighted by molar-refractivity contribution is -0.135. The molecule has 0 saturated carbocycles. The van der Waals surface area contributed by atoms with E-state index in [0.29, 0.717) is 6.04 Å². The third-order valence-electron chi connectivity index (χ3n) is 5.65. The molecule has 0 aromatic rings. The predicted octanol–water partition coefficient (Wildman–Crippen LogP) is 1.69. The summed E-state index contributed by atoms with van der Waals surface area (Å²) in [6, 6.07) is 0.669. The Labute approximate surface area is 124 Å². The van der Waals surface area contributed by atoms with E-state index in [2.05, 4.69) is 37.7 Å². The van der Waals surface area contributed by atoms with Crippen molar-refractivity contribution in [2.45, 2.75) is 63.1 Å². The zero-order valence-electron chi connectivity index (χ0n) is 13.8. The second-order valence-electron chi connectivity index (χ2n) is 7.21. The van der Waals surface area contributed by atoms with Crippen LogP contribution in [-0.4, -0.2) is 67.3 Å². The van der Waals surface area contributed by atoms with Crippen LogP contribution in [0.2, 0.25) is 0 Å². The van der Waals surface area contributed by atoms with Crippen LogP contribution in [0.25, 0.3) is 0 Å². The number of hydrogen-bond acceptors (Lipinski definition) is 4. The van der Waals surface area contributed by atoms with Crippen LogP contribution in [0.15, 0.2) is 0 Å². The molecule has 0 spiro atoms. The van der Waals surface area contributed by atoms with E-state index in [1.54, 1.807) is 0 Å². The van der Waals surface area contributed by atoms with Crippen molar-refractivity contribution >= 4 is 0 Å². The van der Waals surface area contributed by atoms with Gasteiger partial charge in [-0.25, -0.2) is 0 Å². The number of likely N-dealkylation sites (tertiary alicyclic amines) is 1. The Morgan fingerprint density at radius 3 is 2.75 bits per heavy atom. The molecule has 118 valence electrons.